The van der Waals surface area contributed by atoms with Gasteiger partial charge in [-0.05, 0) is 69.2 Å². The second-order valence-corrected chi connectivity index (χ2v) is 8.75. The first-order chi connectivity index (χ1) is 17.0. The summed E-state index contributed by atoms with van der Waals surface area (Å²) in [7, 11) is 1.55. The van der Waals surface area contributed by atoms with Gasteiger partial charge in [-0.3, -0.25) is 4.79 Å². The molecule has 0 aliphatic rings. The molecule has 0 heterocycles. The minimum atomic E-state index is -0.487. The second-order valence-electron chi connectivity index (χ2n) is 7.90. The summed E-state index contributed by atoms with van der Waals surface area (Å²) in [6, 6.07) is 26.9. The normalized spacial score (nSPS) is 11.1. The van der Waals surface area contributed by atoms with Gasteiger partial charge in [0.2, 0.25) is 0 Å². The summed E-state index contributed by atoms with van der Waals surface area (Å²) in [4.78, 5) is 12.9. The molecule has 0 aliphatic heterocycles. The van der Waals surface area contributed by atoms with Crippen molar-refractivity contribution in [3.63, 3.8) is 0 Å². The van der Waals surface area contributed by atoms with E-state index in [4.69, 9.17) is 9.47 Å². The maximum absolute atomic E-state index is 12.9. The second kappa shape index (κ2) is 10.9. The lowest BCUT2D eigenvalue weighted by molar-refractivity contribution is -0.112. The first kappa shape index (κ1) is 24.1. The molecule has 4 aromatic carbocycles. The summed E-state index contributed by atoms with van der Waals surface area (Å²) >= 11 is 3.54. The van der Waals surface area contributed by atoms with Crippen LogP contribution >= 0.6 is 15.9 Å². The van der Waals surface area contributed by atoms with E-state index in [0.29, 0.717) is 33.8 Å². The largest absolute Gasteiger partial charge is 0.493 e. The van der Waals surface area contributed by atoms with Crippen LogP contribution in [0.1, 0.15) is 16.7 Å². The predicted molar refractivity (Wildman–Crippen MR) is 142 cm³/mol. The van der Waals surface area contributed by atoms with Crippen LogP contribution < -0.4 is 14.8 Å². The molecule has 0 fully saturated rings. The average Bonchev–Trinajstić information content (AvgIpc) is 2.87. The Kier molecular flexibility index (Phi) is 7.49. The zero-order chi connectivity index (χ0) is 24.8. The highest BCUT2D eigenvalue weighted by Crippen LogP contribution is 2.38. The van der Waals surface area contributed by atoms with Gasteiger partial charge in [-0.25, -0.2) is 0 Å². The zero-order valence-corrected chi connectivity index (χ0v) is 20.9. The third-order valence-electron chi connectivity index (χ3n) is 5.60. The van der Waals surface area contributed by atoms with Crippen molar-refractivity contribution in [1.82, 2.24) is 0 Å². The molecule has 35 heavy (non-hydrogen) atoms. The number of carbonyl (C=O) groups is 1. The van der Waals surface area contributed by atoms with Gasteiger partial charge in [0.15, 0.2) is 11.5 Å². The van der Waals surface area contributed by atoms with Gasteiger partial charge in [0.1, 0.15) is 18.2 Å². The summed E-state index contributed by atoms with van der Waals surface area (Å²) in [5.41, 5.74) is 3.45. The van der Waals surface area contributed by atoms with Crippen molar-refractivity contribution in [3.8, 4) is 17.6 Å². The van der Waals surface area contributed by atoms with Gasteiger partial charge in [-0.2, -0.15) is 5.26 Å². The maximum Gasteiger partial charge on any atom is 0.266 e. The van der Waals surface area contributed by atoms with Gasteiger partial charge in [-0.1, -0.05) is 60.7 Å². The number of amides is 1. The molecule has 1 amide bonds. The third kappa shape index (κ3) is 5.53. The van der Waals surface area contributed by atoms with E-state index in [1.807, 2.05) is 79.7 Å². The van der Waals surface area contributed by atoms with E-state index in [2.05, 4.69) is 21.2 Å². The number of anilines is 1. The Morgan fingerprint density at radius 1 is 1.06 bits per heavy atom. The molecule has 0 radical (unpaired) electrons. The SMILES string of the molecule is COc1cc(/C=C(\C#N)C(=O)Nc2cccc3ccccc23)cc(Br)c1OCc1ccccc1C. The minimum absolute atomic E-state index is 0.0273. The number of ether oxygens (including phenoxy) is 2. The molecule has 1 N–H and O–H groups in total. The van der Waals surface area contributed by atoms with E-state index < -0.39 is 5.91 Å². The smallest absolute Gasteiger partial charge is 0.266 e. The predicted octanol–water partition coefficient (Wildman–Crippen LogP) is 7.04. The lowest BCUT2D eigenvalue weighted by atomic mass is 10.1. The topological polar surface area (TPSA) is 71.3 Å². The van der Waals surface area contributed by atoms with Crippen molar-refractivity contribution in [3.05, 3.63) is 106 Å². The van der Waals surface area contributed by atoms with Gasteiger partial charge in [0, 0.05) is 11.1 Å². The molecule has 0 bridgehead atoms. The minimum Gasteiger partial charge on any atom is -0.493 e. The fourth-order valence-electron chi connectivity index (χ4n) is 3.72. The molecule has 0 aromatic heterocycles. The number of methoxy groups -OCH3 is 1. The van der Waals surface area contributed by atoms with Crippen LogP contribution in [-0.4, -0.2) is 13.0 Å². The van der Waals surface area contributed by atoms with Crippen molar-refractivity contribution >= 4 is 44.4 Å². The molecule has 0 unspecified atom stereocenters. The summed E-state index contributed by atoms with van der Waals surface area (Å²) in [5, 5.41) is 14.5. The Morgan fingerprint density at radius 2 is 1.80 bits per heavy atom. The molecule has 0 spiro atoms. The molecular formula is C29H23BrN2O3. The van der Waals surface area contributed by atoms with Crippen LogP contribution in [0.4, 0.5) is 5.69 Å². The van der Waals surface area contributed by atoms with Crippen molar-refractivity contribution < 1.29 is 14.3 Å². The standard InChI is InChI=1S/C29H23BrN2O3/c1-19-8-3-4-10-22(19)18-35-28-25(30)15-20(16-27(28)34-2)14-23(17-31)29(33)32-26-13-7-11-21-9-5-6-12-24(21)26/h3-16H,18H2,1-2H3,(H,32,33)/b23-14+. The molecule has 6 heteroatoms. The van der Waals surface area contributed by atoms with Crippen LogP contribution in [0.5, 0.6) is 11.5 Å². The van der Waals surface area contributed by atoms with E-state index in [1.54, 1.807) is 19.2 Å². The highest BCUT2D eigenvalue weighted by Gasteiger charge is 2.15. The van der Waals surface area contributed by atoms with Gasteiger partial charge >= 0.3 is 0 Å². The highest BCUT2D eigenvalue weighted by atomic mass is 79.9. The number of hydrogen-bond donors (Lipinski definition) is 1. The van der Waals surface area contributed by atoms with E-state index in [0.717, 1.165) is 21.9 Å². The Bertz CT molecular complexity index is 1470. The fourth-order valence-corrected chi connectivity index (χ4v) is 4.30. The zero-order valence-electron chi connectivity index (χ0n) is 19.3. The van der Waals surface area contributed by atoms with E-state index in [-0.39, 0.29) is 5.57 Å². The number of rotatable bonds is 7. The molecule has 4 aromatic rings. The van der Waals surface area contributed by atoms with E-state index in [9.17, 15) is 10.1 Å². The maximum atomic E-state index is 12.9. The van der Waals surface area contributed by atoms with E-state index in [1.165, 1.54) is 6.08 Å². The van der Waals surface area contributed by atoms with Crippen LogP contribution in [0.2, 0.25) is 0 Å². The number of benzene rings is 4. The lowest BCUT2D eigenvalue weighted by Crippen LogP contribution is -2.13. The quantitative estimate of drug-likeness (QED) is 0.207. The summed E-state index contributed by atoms with van der Waals surface area (Å²) in [5.74, 6) is 0.552. The molecule has 5 nitrogen and oxygen atoms in total. The molecular weight excluding hydrogens is 504 g/mol. The number of nitriles is 1. The molecule has 0 saturated carbocycles. The first-order valence-corrected chi connectivity index (χ1v) is 11.7. The number of fused-ring (bicyclic) bond motifs is 1. The highest BCUT2D eigenvalue weighted by molar-refractivity contribution is 9.10. The van der Waals surface area contributed by atoms with Gasteiger partial charge in [-0.15, -0.1) is 0 Å². The van der Waals surface area contributed by atoms with Gasteiger partial charge in [0.05, 0.1) is 11.6 Å². The third-order valence-corrected chi connectivity index (χ3v) is 6.19. The number of nitrogens with zero attached hydrogens (tertiary/aromatic N) is 1. The number of carbonyl (C=O) groups excluding carboxylic acids is 1. The van der Waals surface area contributed by atoms with Crippen molar-refractivity contribution in [2.24, 2.45) is 0 Å². The van der Waals surface area contributed by atoms with Gasteiger partial charge in [0.25, 0.3) is 5.91 Å². The molecule has 0 aliphatic carbocycles. The lowest BCUT2D eigenvalue weighted by Gasteiger charge is -2.15. The number of aryl methyl sites for hydroxylation is 1. The Labute approximate surface area is 212 Å². The Morgan fingerprint density at radius 3 is 2.57 bits per heavy atom. The fraction of sp³-hybridized carbons (Fsp3) is 0.103. The summed E-state index contributed by atoms with van der Waals surface area (Å²) < 4.78 is 12.2. The van der Waals surface area contributed by atoms with Crippen LogP contribution in [0, 0.1) is 18.3 Å². The van der Waals surface area contributed by atoms with E-state index >= 15 is 0 Å². The van der Waals surface area contributed by atoms with Crippen molar-refractivity contribution in [2.45, 2.75) is 13.5 Å². The van der Waals surface area contributed by atoms with Crippen LogP contribution in [-0.2, 0) is 11.4 Å². The van der Waals surface area contributed by atoms with Crippen LogP contribution in [0.25, 0.3) is 16.8 Å². The number of halogens is 1. The Hall–Kier alpha value is -4.08. The average molecular weight is 527 g/mol. The molecule has 4 rings (SSSR count). The number of nitrogens with one attached hydrogen (secondary N) is 1. The molecule has 0 atom stereocenters. The van der Waals surface area contributed by atoms with Crippen molar-refractivity contribution in [1.29, 1.82) is 5.26 Å². The monoisotopic (exact) mass is 526 g/mol. The summed E-state index contributed by atoms with van der Waals surface area (Å²) in [6.45, 7) is 2.42. The summed E-state index contributed by atoms with van der Waals surface area (Å²) in [6.07, 6.45) is 1.53. The van der Waals surface area contributed by atoms with Gasteiger partial charge < -0.3 is 14.8 Å². The van der Waals surface area contributed by atoms with Crippen LogP contribution in [0.3, 0.4) is 0 Å². The number of hydrogen-bond acceptors (Lipinski definition) is 4. The molecule has 0 saturated heterocycles. The van der Waals surface area contributed by atoms with Crippen LogP contribution in [0.15, 0.2) is 88.9 Å². The first-order valence-electron chi connectivity index (χ1n) is 11.0. The Balaban J connectivity index is 1.58. The van der Waals surface area contributed by atoms with Crippen molar-refractivity contribution in [2.75, 3.05) is 12.4 Å². The molecule has 174 valence electrons.